The number of likely N-dealkylation sites (N-methyl/N-ethyl adjacent to an activating group) is 1. The zero-order valence-corrected chi connectivity index (χ0v) is 10.8. The van der Waals surface area contributed by atoms with Gasteiger partial charge in [-0.1, -0.05) is 36.4 Å². The molecule has 1 aliphatic rings. The van der Waals surface area contributed by atoms with E-state index in [2.05, 4.69) is 11.4 Å². The summed E-state index contributed by atoms with van der Waals surface area (Å²) in [7, 11) is 1.91. The Labute approximate surface area is 112 Å². The molecule has 3 heteroatoms. The molecule has 0 spiro atoms. The molecule has 0 saturated heterocycles. The van der Waals surface area contributed by atoms with Gasteiger partial charge in [0.2, 0.25) is 0 Å². The number of ether oxygens (including phenoxy) is 1. The summed E-state index contributed by atoms with van der Waals surface area (Å²) in [6.07, 6.45) is 1.01. The number of halogens is 1. The maximum absolute atomic E-state index is 13.9. The fourth-order valence-electron chi connectivity index (χ4n) is 2.57. The standard InChI is InChI=1S/C16H16FNO/c1-18-10-12-9-11-5-4-7-14(16(11)19-12)13-6-2-3-8-15(13)17/h2-8,12,18H,9-10H2,1H3/t12-/m1/s1. The van der Waals surface area contributed by atoms with Crippen LogP contribution in [-0.2, 0) is 6.42 Å². The van der Waals surface area contributed by atoms with Crippen LogP contribution < -0.4 is 10.1 Å². The highest BCUT2D eigenvalue weighted by atomic mass is 19.1. The van der Waals surface area contributed by atoms with Gasteiger partial charge in [-0.2, -0.15) is 0 Å². The van der Waals surface area contributed by atoms with Crippen LogP contribution in [-0.4, -0.2) is 19.7 Å². The number of benzene rings is 2. The summed E-state index contributed by atoms with van der Waals surface area (Å²) in [6.45, 7) is 0.797. The molecular formula is C16H16FNO. The van der Waals surface area contributed by atoms with Gasteiger partial charge in [-0.05, 0) is 18.7 Å². The predicted octanol–water partition coefficient (Wildman–Crippen LogP) is 3.02. The first-order valence-electron chi connectivity index (χ1n) is 6.47. The van der Waals surface area contributed by atoms with Gasteiger partial charge in [0.1, 0.15) is 17.7 Å². The fraction of sp³-hybridized carbons (Fsp3) is 0.250. The molecule has 2 aromatic carbocycles. The van der Waals surface area contributed by atoms with Gasteiger partial charge in [0, 0.05) is 24.1 Å². The number of hydrogen-bond donors (Lipinski definition) is 1. The Morgan fingerprint density at radius 3 is 2.74 bits per heavy atom. The van der Waals surface area contributed by atoms with Crippen LogP contribution in [0.3, 0.4) is 0 Å². The molecular weight excluding hydrogens is 241 g/mol. The molecule has 3 rings (SSSR count). The van der Waals surface area contributed by atoms with Crippen LogP contribution in [0.1, 0.15) is 5.56 Å². The molecule has 0 radical (unpaired) electrons. The van der Waals surface area contributed by atoms with Gasteiger partial charge in [-0.15, -0.1) is 0 Å². The van der Waals surface area contributed by atoms with E-state index < -0.39 is 0 Å². The van der Waals surface area contributed by atoms with Crippen molar-refractivity contribution in [3.05, 3.63) is 53.8 Å². The minimum atomic E-state index is -0.212. The molecule has 0 bridgehead atoms. The van der Waals surface area contributed by atoms with E-state index in [0.29, 0.717) is 5.56 Å². The second-order valence-electron chi connectivity index (χ2n) is 4.78. The van der Waals surface area contributed by atoms with Crippen LogP contribution in [0.25, 0.3) is 11.1 Å². The molecule has 1 heterocycles. The van der Waals surface area contributed by atoms with E-state index in [1.807, 2.05) is 25.2 Å². The van der Waals surface area contributed by atoms with E-state index in [4.69, 9.17) is 4.74 Å². The molecule has 19 heavy (non-hydrogen) atoms. The number of rotatable bonds is 3. The van der Waals surface area contributed by atoms with Gasteiger partial charge >= 0.3 is 0 Å². The molecule has 1 atom stereocenters. The first-order chi connectivity index (χ1) is 9.29. The molecule has 0 fully saturated rings. The van der Waals surface area contributed by atoms with E-state index in [9.17, 15) is 4.39 Å². The molecule has 98 valence electrons. The van der Waals surface area contributed by atoms with Crippen molar-refractivity contribution >= 4 is 0 Å². The van der Waals surface area contributed by atoms with Crippen LogP contribution in [0.2, 0.25) is 0 Å². The van der Waals surface area contributed by atoms with Crippen LogP contribution in [0.4, 0.5) is 4.39 Å². The summed E-state index contributed by atoms with van der Waals surface area (Å²) < 4.78 is 19.9. The number of fused-ring (bicyclic) bond motifs is 1. The maximum Gasteiger partial charge on any atom is 0.131 e. The summed E-state index contributed by atoms with van der Waals surface area (Å²) in [4.78, 5) is 0. The molecule has 0 aromatic heterocycles. The van der Waals surface area contributed by atoms with Gasteiger partial charge in [-0.3, -0.25) is 0 Å². The van der Waals surface area contributed by atoms with E-state index in [0.717, 1.165) is 29.8 Å². The third-order valence-corrected chi connectivity index (χ3v) is 3.42. The molecule has 2 aromatic rings. The Hall–Kier alpha value is -1.87. The van der Waals surface area contributed by atoms with Crippen molar-refractivity contribution in [3.8, 4) is 16.9 Å². The Bertz CT molecular complexity index is 597. The van der Waals surface area contributed by atoms with Crippen molar-refractivity contribution in [1.29, 1.82) is 0 Å². The third kappa shape index (κ3) is 2.22. The zero-order chi connectivity index (χ0) is 13.2. The lowest BCUT2D eigenvalue weighted by atomic mass is 10.0. The molecule has 2 nitrogen and oxygen atoms in total. The Morgan fingerprint density at radius 2 is 1.95 bits per heavy atom. The molecule has 0 saturated carbocycles. The second kappa shape index (κ2) is 5.02. The van der Waals surface area contributed by atoms with Crippen molar-refractivity contribution < 1.29 is 9.13 Å². The highest BCUT2D eigenvalue weighted by molar-refractivity contribution is 5.73. The number of nitrogens with one attached hydrogen (secondary N) is 1. The van der Waals surface area contributed by atoms with Crippen molar-refractivity contribution in [1.82, 2.24) is 5.32 Å². The highest BCUT2D eigenvalue weighted by Gasteiger charge is 2.25. The summed E-state index contributed by atoms with van der Waals surface area (Å²) >= 11 is 0. The molecule has 0 unspecified atom stereocenters. The molecule has 1 N–H and O–H groups in total. The second-order valence-corrected chi connectivity index (χ2v) is 4.78. The van der Waals surface area contributed by atoms with Crippen LogP contribution >= 0.6 is 0 Å². The van der Waals surface area contributed by atoms with Crippen molar-refractivity contribution in [2.45, 2.75) is 12.5 Å². The Kier molecular flexibility index (Phi) is 3.22. The smallest absolute Gasteiger partial charge is 0.131 e. The largest absolute Gasteiger partial charge is 0.488 e. The SMILES string of the molecule is CNC[C@H]1Cc2cccc(-c3ccccc3F)c2O1. The number of para-hydroxylation sites is 1. The average Bonchev–Trinajstić information content (AvgIpc) is 2.82. The minimum absolute atomic E-state index is 0.132. The van der Waals surface area contributed by atoms with Gasteiger partial charge < -0.3 is 10.1 Å². The number of hydrogen-bond acceptors (Lipinski definition) is 2. The fourth-order valence-corrected chi connectivity index (χ4v) is 2.57. The maximum atomic E-state index is 13.9. The summed E-state index contributed by atoms with van der Waals surface area (Å²) in [5.41, 5.74) is 2.60. The monoisotopic (exact) mass is 257 g/mol. The molecule has 0 aliphatic carbocycles. The first-order valence-corrected chi connectivity index (χ1v) is 6.47. The van der Waals surface area contributed by atoms with E-state index >= 15 is 0 Å². The van der Waals surface area contributed by atoms with Gasteiger partial charge in [0.25, 0.3) is 0 Å². The lowest BCUT2D eigenvalue weighted by molar-refractivity contribution is 0.232. The van der Waals surface area contributed by atoms with Crippen molar-refractivity contribution in [2.75, 3.05) is 13.6 Å². The quantitative estimate of drug-likeness (QED) is 0.912. The predicted molar refractivity (Wildman–Crippen MR) is 73.9 cm³/mol. The lowest BCUT2D eigenvalue weighted by Gasteiger charge is -2.12. The molecule has 0 amide bonds. The Morgan fingerprint density at radius 1 is 1.16 bits per heavy atom. The van der Waals surface area contributed by atoms with Crippen molar-refractivity contribution in [3.63, 3.8) is 0 Å². The van der Waals surface area contributed by atoms with Crippen LogP contribution in [0.5, 0.6) is 5.75 Å². The molecule has 1 aliphatic heterocycles. The van der Waals surface area contributed by atoms with E-state index in [1.165, 1.54) is 6.07 Å². The lowest BCUT2D eigenvalue weighted by Crippen LogP contribution is -2.27. The zero-order valence-electron chi connectivity index (χ0n) is 10.8. The third-order valence-electron chi connectivity index (χ3n) is 3.42. The van der Waals surface area contributed by atoms with E-state index in [1.54, 1.807) is 12.1 Å². The van der Waals surface area contributed by atoms with E-state index in [-0.39, 0.29) is 11.9 Å². The highest BCUT2D eigenvalue weighted by Crippen LogP contribution is 2.39. The topological polar surface area (TPSA) is 21.3 Å². The van der Waals surface area contributed by atoms with Crippen LogP contribution in [0.15, 0.2) is 42.5 Å². The Balaban J connectivity index is 2.03. The van der Waals surface area contributed by atoms with Crippen LogP contribution in [0, 0.1) is 5.82 Å². The first kappa shape index (κ1) is 12.2. The normalized spacial score (nSPS) is 17.1. The summed E-state index contributed by atoms with van der Waals surface area (Å²) in [5, 5.41) is 3.12. The van der Waals surface area contributed by atoms with Gasteiger partial charge in [0.05, 0.1) is 0 Å². The van der Waals surface area contributed by atoms with Gasteiger partial charge in [-0.25, -0.2) is 4.39 Å². The average molecular weight is 257 g/mol. The minimum Gasteiger partial charge on any atom is -0.488 e. The summed E-state index contributed by atoms with van der Waals surface area (Å²) in [5.74, 6) is 0.615. The summed E-state index contributed by atoms with van der Waals surface area (Å²) in [6, 6.07) is 12.7. The van der Waals surface area contributed by atoms with Crippen molar-refractivity contribution in [2.24, 2.45) is 0 Å². The van der Waals surface area contributed by atoms with Gasteiger partial charge in [0.15, 0.2) is 0 Å².